The van der Waals surface area contributed by atoms with Crippen molar-refractivity contribution in [1.82, 2.24) is 5.32 Å². The molecule has 1 rings (SSSR count). The average molecular weight is 277 g/mol. The first kappa shape index (κ1) is 17.6. The monoisotopic (exact) mass is 277 g/mol. The highest BCUT2D eigenvalue weighted by molar-refractivity contribution is 5.13. The average Bonchev–Trinajstić information content (AvgIpc) is 2.43. The van der Waals surface area contributed by atoms with Crippen LogP contribution >= 0.6 is 0 Å². The standard InChI is InChI=1S/C19H35N/c1-5-6-7-8-9-10-13-19(4,16-17(2)3)18-11-14-20-15-12-18/h17-18,20H,5-9,11-12,14-16H2,1-4H3. The van der Waals surface area contributed by atoms with E-state index in [1.807, 2.05) is 0 Å². The molecule has 1 nitrogen and oxygen atoms in total. The van der Waals surface area contributed by atoms with Gasteiger partial charge in [-0.2, -0.15) is 0 Å². The molecule has 0 aromatic heterocycles. The molecule has 0 aromatic carbocycles. The molecule has 0 aromatic rings. The zero-order valence-electron chi connectivity index (χ0n) is 14.2. The first-order chi connectivity index (χ1) is 9.58. The number of rotatable bonds is 7. The molecule has 0 spiro atoms. The van der Waals surface area contributed by atoms with Crippen LogP contribution in [0.25, 0.3) is 0 Å². The molecule has 0 amide bonds. The van der Waals surface area contributed by atoms with E-state index in [0.717, 1.165) is 18.3 Å². The molecule has 1 unspecified atom stereocenters. The van der Waals surface area contributed by atoms with Crippen LogP contribution in [0.2, 0.25) is 0 Å². The van der Waals surface area contributed by atoms with Crippen LogP contribution in [0.3, 0.4) is 0 Å². The number of hydrogen-bond donors (Lipinski definition) is 1. The molecule has 1 aliphatic rings. The summed E-state index contributed by atoms with van der Waals surface area (Å²) in [7, 11) is 0. The predicted molar refractivity (Wildman–Crippen MR) is 89.7 cm³/mol. The minimum Gasteiger partial charge on any atom is -0.317 e. The molecule has 0 aliphatic carbocycles. The highest BCUT2D eigenvalue weighted by Crippen LogP contribution is 2.38. The Morgan fingerprint density at radius 3 is 2.45 bits per heavy atom. The van der Waals surface area contributed by atoms with Crippen molar-refractivity contribution in [3.8, 4) is 11.8 Å². The molecule has 116 valence electrons. The maximum atomic E-state index is 3.70. The van der Waals surface area contributed by atoms with Gasteiger partial charge in [-0.1, -0.05) is 46.0 Å². The Labute approximate surface area is 127 Å². The van der Waals surface area contributed by atoms with Gasteiger partial charge in [0.15, 0.2) is 0 Å². The van der Waals surface area contributed by atoms with E-state index in [1.165, 1.54) is 58.0 Å². The summed E-state index contributed by atoms with van der Waals surface area (Å²) in [5, 5.41) is 3.48. The van der Waals surface area contributed by atoms with Gasteiger partial charge in [0.25, 0.3) is 0 Å². The molecule has 0 bridgehead atoms. The van der Waals surface area contributed by atoms with Crippen LogP contribution < -0.4 is 5.32 Å². The first-order valence-electron chi connectivity index (χ1n) is 8.79. The van der Waals surface area contributed by atoms with Crippen molar-refractivity contribution >= 4 is 0 Å². The lowest BCUT2D eigenvalue weighted by atomic mass is 9.68. The van der Waals surface area contributed by atoms with E-state index in [0.29, 0.717) is 0 Å². The van der Waals surface area contributed by atoms with E-state index in [-0.39, 0.29) is 5.41 Å². The Morgan fingerprint density at radius 1 is 1.15 bits per heavy atom. The molecule has 1 N–H and O–H groups in total. The fraction of sp³-hybridized carbons (Fsp3) is 0.895. The summed E-state index contributed by atoms with van der Waals surface area (Å²) in [5.74, 6) is 8.74. The van der Waals surface area contributed by atoms with Crippen molar-refractivity contribution in [2.75, 3.05) is 13.1 Å². The van der Waals surface area contributed by atoms with Crippen molar-refractivity contribution in [1.29, 1.82) is 0 Å². The first-order valence-corrected chi connectivity index (χ1v) is 8.79. The maximum absolute atomic E-state index is 3.70. The van der Waals surface area contributed by atoms with Crippen molar-refractivity contribution in [3.63, 3.8) is 0 Å². The molecule has 0 saturated carbocycles. The van der Waals surface area contributed by atoms with Crippen LogP contribution in [0, 0.1) is 29.1 Å². The fourth-order valence-electron chi connectivity index (χ4n) is 3.53. The lowest BCUT2D eigenvalue weighted by molar-refractivity contribution is 0.177. The fourth-order valence-corrected chi connectivity index (χ4v) is 3.53. The quantitative estimate of drug-likeness (QED) is 0.509. The Hall–Kier alpha value is -0.480. The van der Waals surface area contributed by atoms with E-state index in [1.54, 1.807) is 0 Å². The molecule has 1 heteroatoms. The summed E-state index contributed by atoms with van der Waals surface area (Å²) in [6, 6.07) is 0. The molecular weight excluding hydrogens is 242 g/mol. The van der Waals surface area contributed by atoms with E-state index in [4.69, 9.17) is 0 Å². The number of piperidine rings is 1. The topological polar surface area (TPSA) is 12.0 Å². The van der Waals surface area contributed by atoms with Gasteiger partial charge in [0.1, 0.15) is 0 Å². The van der Waals surface area contributed by atoms with Crippen LogP contribution in [0.4, 0.5) is 0 Å². The summed E-state index contributed by atoms with van der Waals surface area (Å²) in [5.41, 5.74) is 0.237. The summed E-state index contributed by atoms with van der Waals surface area (Å²) >= 11 is 0. The van der Waals surface area contributed by atoms with Gasteiger partial charge in [0.2, 0.25) is 0 Å². The highest BCUT2D eigenvalue weighted by atomic mass is 14.9. The highest BCUT2D eigenvalue weighted by Gasteiger charge is 2.33. The molecular formula is C19H35N. The number of hydrogen-bond acceptors (Lipinski definition) is 1. The van der Waals surface area contributed by atoms with Gasteiger partial charge in [-0.25, -0.2) is 0 Å². The molecule has 1 atom stereocenters. The summed E-state index contributed by atoms with van der Waals surface area (Å²) < 4.78 is 0. The number of unbranched alkanes of at least 4 members (excludes halogenated alkanes) is 4. The Bertz CT molecular complexity index is 303. The van der Waals surface area contributed by atoms with Crippen molar-refractivity contribution < 1.29 is 0 Å². The Kier molecular flexibility index (Phi) is 8.31. The zero-order valence-corrected chi connectivity index (χ0v) is 14.2. The second-order valence-electron chi connectivity index (χ2n) is 7.15. The lowest BCUT2D eigenvalue weighted by Crippen LogP contribution is -2.37. The normalized spacial score (nSPS) is 19.4. The van der Waals surface area contributed by atoms with E-state index in [2.05, 4.69) is 44.9 Å². The molecule has 1 saturated heterocycles. The predicted octanol–water partition coefficient (Wildman–Crippen LogP) is 5.01. The van der Waals surface area contributed by atoms with Gasteiger partial charge in [-0.15, -0.1) is 5.92 Å². The minimum absolute atomic E-state index is 0.237. The van der Waals surface area contributed by atoms with Crippen molar-refractivity contribution in [2.45, 2.75) is 79.1 Å². The van der Waals surface area contributed by atoms with Crippen LogP contribution in [0.15, 0.2) is 0 Å². The molecule has 1 aliphatic heterocycles. The Balaban J connectivity index is 2.55. The third-order valence-corrected chi connectivity index (χ3v) is 4.60. The van der Waals surface area contributed by atoms with Crippen LogP contribution in [0.1, 0.15) is 79.1 Å². The van der Waals surface area contributed by atoms with E-state index >= 15 is 0 Å². The largest absolute Gasteiger partial charge is 0.317 e. The SMILES string of the molecule is CCCCCCC#CC(C)(CC(C)C)C1CCNCC1. The second kappa shape index (κ2) is 9.46. The lowest BCUT2D eigenvalue weighted by Gasteiger charge is -2.37. The minimum atomic E-state index is 0.237. The molecule has 1 heterocycles. The van der Waals surface area contributed by atoms with Gasteiger partial charge < -0.3 is 5.32 Å². The maximum Gasteiger partial charge on any atom is 0.0318 e. The smallest absolute Gasteiger partial charge is 0.0318 e. The molecule has 1 fully saturated rings. The molecule has 0 radical (unpaired) electrons. The van der Waals surface area contributed by atoms with Crippen molar-refractivity contribution in [3.05, 3.63) is 0 Å². The number of nitrogens with one attached hydrogen (secondary N) is 1. The second-order valence-corrected chi connectivity index (χ2v) is 7.15. The van der Waals surface area contributed by atoms with Gasteiger partial charge >= 0.3 is 0 Å². The van der Waals surface area contributed by atoms with Crippen molar-refractivity contribution in [2.24, 2.45) is 17.3 Å². The summed E-state index contributed by atoms with van der Waals surface area (Å²) in [6.45, 7) is 11.7. The summed E-state index contributed by atoms with van der Waals surface area (Å²) in [4.78, 5) is 0. The van der Waals surface area contributed by atoms with Gasteiger partial charge in [0.05, 0.1) is 0 Å². The van der Waals surface area contributed by atoms with Crippen LogP contribution in [-0.2, 0) is 0 Å². The Morgan fingerprint density at radius 2 is 1.85 bits per heavy atom. The summed E-state index contributed by atoms with van der Waals surface area (Å²) in [6.07, 6.45) is 10.2. The van der Waals surface area contributed by atoms with Gasteiger partial charge in [-0.3, -0.25) is 0 Å². The third kappa shape index (κ3) is 6.31. The van der Waals surface area contributed by atoms with Crippen LogP contribution in [-0.4, -0.2) is 13.1 Å². The van der Waals surface area contributed by atoms with Gasteiger partial charge in [0, 0.05) is 11.8 Å². The van der Waals surface area contributed by atoms with E-state index in [9.17, 15) is 0 Å². The zero-order chi connectivity index (χ0) is 14.8. The molecule has 20 heavy (non-hydrogen) atoms. The third-order valence-electron chi connectivity index (χ3n) is 4.60. The van der Waals surface area contributed by atoms with Crippen LogP contribution in [0.5, 0.6) is 0 Å². The van der Waals surface area contributed by atoms with Gasteiger partial charge in [-0.05, 0) is 57.5 Å². The van der Waals surface area contributed by atoms with E-state index < -0.39 is 0 Å².